The topological polar surface area (TPSA) is 69.7 Å². The number of fused-ring (bicyclic) bond motifs is 3. The van der Waals surface area contributed by atoms with E-state index in [1.165, 1.54) is 18.1 Å². The fourth-order valence-electron chi connectivity index (χ4n) is 8.38. The molecule has 2 saturated carbocycles. The smallest absolute Gasteiger partial charge is 0.303 e. The highest BCUT2D eigenvalue weighted by molar-refractivity contribution is 7.92. The first-order valence-corrected chi connectivity index (χ1v) is 14.1. The number of rotatable bonds is 4. The minimum absolute atomic E-state index is 0.154. The lowest BCUT2D eigenvalue weighted by Gasteiger charge is -2.57. The summed E-state index contributed by atoms with van der Waals surface area (Å²) < 4.78 is 40.1. The molecule has 35 heavy (non-hydrogen) atoms. The molecule has 5 nitrogen and oxygen atoms in total. The molecule has 0 unspecified atom stereocenters. The van der Waals surface area contributed by atoms with Gasteiger partial charge in [0.1, 0.15) is 11.4 Å². The largest absolute Gasteiger partial charge is 0.497 e. The van der Waals surface area contributed by atoms with Crippen molar-refractivity contribution in [2.24, 2.45) is 16.7 Å². The summed E-state index contributed by atoms with van der Waals surface area (Å²) in [5.41, 5.74) is 0.663. The summed E-state index contributed by atoms with van der Waals surface area (Å²) in [7, 11) is -1.97. The molecule has 2 fully saturated rings. The molecule has 4 aliphatic rings. The molecule has 0 aliphatic heterocycles. The molecule has 2 bridgehead atoms. The van der Waals surface area contributed by atoms with Crippen LogP contribution in [0.1, 0.15) is 56.6 Å². The van der Waals surface area contributed by atoms with Gasteiger partial charge in [-0.25, -0.2) is 8.42 Å². The van der Waals surface area contributed by atoms with Crippen molar-refractivity contribution >= 4 is 15.8 Å². The molecule has 0 spiro atoms. The van der Waals surface area contributed by atoms with Crippen molar-refractivity contribution in [3.8, 4) is 5.75 Å². The van der Waals surface area contributed by atoms with E-state index in [0.717, 1.165) is 31.4 Å². The van der Waals surface area contributed by atoms with Gasteiger partial charge in [0, 0.05) is 24.2 Å². The number of aryl methyl sites for hydroxylation is 1. The Labute approximate surface area is 207 Å². The maximum Gasteiger partial charge on any atom is 0.303 e. The number of esters is 1. The van der Waals surface area contributed by atoms with Gasteiger partial charge in [0.25, 0.3) is 0 Å². The number of ether oxygens (including phenoxy) is 2. The van der Waals surface area contributed by atoms with E-state index in [1.54, 1.807) is 31.4 Å². The van der Waals surface area contributed by atoms with Crippen LogP contribution < -0.4 is 4.74 Å². The molecule has 6 heteroatoms. The second-order valence-electron chi connectivity index (χ2n) is 11.0. The SMILES string of the molecule is COc1ccc2c(c1)CC[C@H]1[C@@H]2CC[C@@]2(C)[C@]13C=C[C@]2(OC(C)=O)C[C@@H]3S(=O)(=O)c1ccccc1. The maximum atomic E-state index is 14.3. The fourth-order valence-corrected chi connectivity index (χ4v) is 10.7. The van der Waals surface area contributed by atoms with Crippen molar-refractivity contribution < 1.29 is 22.7 Å². The van der Waals surface area contributed by atoms with Crippen LogP contribution in [-0.2, 0) is 25.8 Å². The zero-order valence-corrected chi connectivity index (χ0v) is 21.3. The molecule has 6 rings (SSSR count). The Balaban J connectivity index is 1.53. The van der Waals surface area contributed by atoms with Crippen LogP contribution in [0.4, 0.5) is 0 Å². The zero-order chi connectivity index (χ0) is 24.6. The molecule has 2 aromatic rings. The van der Waals surface area contributed by atoms with Crippen LogP contribution in [0.25, 0.3) is 0 Å². The summed E-state index contributed by atoms with van der Waals surface area (Å²) in [4.78, 5) is 12.7. The number of allylic oxidation sites excluding steroid dienone is 1. The normalized spacial score (nSPS) is 36.7. The molecule has 0 aromatic heterocycles. The van der Waals surface area contributed by atoms with Crippen LogP contribution in [0.2, 0.25) is 0 Å². The molecule has 2 aromatic carbocycles. The van der Waals surface area contributed by atoms with Gasteiger partial charge in [0.05, 0.1) is 17.3 Å². The van der Waals surface area contributed by atoms with Crippen LogP contribution in [0.15, 0.2) is 65.6 Å². The van der Waals surface area contributed by atoms with Gasteiger partial charge in [0.2, 0.25) is 0 Å². The maximum absolute atomic E-state index is 14.3. The first kappa shape index (κ1) is 22.8. The minimum Gasteiger partial charge on any atom is -0.497 e. The van der Waals surface area contributed by atoms with Gasteiger partial charge >= 0.3 is 5.97 Å². The summed E-state index contributed by atoms with van der Waals surface area (Å²) in [6.45, 7) is 3.61. The third kappa shape index (κ3) is 2.80. The molecular weight excluding hydrogens is 460 g/mol. The second-order valence-corrected chi connectivity index (χ2v) is 13.1. The average molecular weight is 493 g/mol. The number of carbonyl (C=O) groups excluding carboxylic acids is 1. The van der Waals surface area contributed by atoms with E-state index in [9.17, 15) is 13.2 Å². The lowest BCUT2D eigenvalue weighted by Crippen LogP contribution is -2.56. The third-order valence-electron chi connectivity index (χ3n) is 9.84. The number of benzene rings is 2. The first-order valence-electron chi connectivity index (χ1n) is 12.5. The van der Waals surface area contributed by atoms with Crippen LogP contribution in [0, 0.1) is 16.7 Å². The standard InChI is InChI=1S/C29H32O5S/c1-19(30)34-28-15-16-29(26(18-28)35(31,32)22-7-5-4-6-8-22)25-12-9-20-17-21(33-3)10-11-23(20)24(25)13-14-27(28,29)2/h4-8,10-11,15-17,24-26H,9,12-14,18H2,1-3H3/t24-,25+,26+,27-,28+,29-/m1/s1. The molecule has 0 heterocycles. The number of carbonyl (C=O) groups is 1. The number of hydrogen-bond acceptors (Lipinski definition) is 5. The van der Waals surface area contributed by atoms with Gasteiger partial charge < -0.3 is 9.47 Å². The summed E-state index contributed by atoms with van der Waals surface area (Å²) >= 11 is 0. The van der Waals surface area contributed by atoms with E-state index < -0.39 is 31.5 Å². The summed E-state index contributed by atoms with van der Waals surface area (Å²) in [5, 5.41) is -0.639. The first-order chi connectivity index (χ1) is 16.7. The quantitative estimate of drug-likeness (QED) is 0.431. The lowest BCUT2D eigenvalue weighted by atomic mass is 9.48. The van der Waals surface area contributed by atoms with Gasteiger partial charge in [-0.05, 0) is 79.0 Å². The summed E-state index contributed by atoms with van der Waals surface area (Å²) in [5.74, 6) is 0.928. The van der Waals surface area contributed by atoms with E-state index >= 15 is 0 Å². The molecule has 4 aliphatic carbocycles. The Hall–Kier alpha value is -2.60. The Morgan fingerprint density at radius 2 is 1.83 bits per heavy atom. The highest BCUT2D eigenvalue weighted by Crippen LogP contribution is 2.77. The van der Waals surface area contributed by atoms with Gasteiger partial charge in [-0.2, -0.15) is 0 Å². The Bertz CT molecular complexity index is 1330. The molecule has 0 saturated heterocycles. The van der Waals surface area contributed by atoms with Crippen LogP contribution in [0.5, 0.6) is 5.75 Å². The highest BCUT2D eigenvalue weighted by Gasteiger charge is 2.79. The van der Waals surface area contributed by atoms with Crippen molar-refractivity contribution in [1.82, 2.24) is 0 Å². The number of methoxy groups -OCH3 is 1. The van der Waals surface area contributed by atoms with Gasteiger partial charge in [0.15, 0.2) is 9.84 Å². The van der Waals surface area contributed by atoms with E-state index in [0.29, 0.717) is 11.3 Å². The monoisotopic (exact) mass is 492 g/mol. The van der Waals surface area contributed by atoms with Crippen molar-refractivity contribution in [3.63, 3.8) is 0 Å². The number of hydrogen-bond donors (Lipinski definition) is 0. The van der Waals surface area contributed by atoms with Crippen LogP contribution >= 0.6 is 0 Å². The molecular formula is C29H32O5S. The predicted molar refractivity (Wildman–Crippen MR) is 133 cm³/mol. The Morgan fingerprint density at radius 1 is 1.06 bits per heavy atom. The van der Waals surface area contributed by atoms with E-state index in [2.05, 4.69) is 25.1 Å². The highest BCUT2D eigenvalue weighted by atomic mass is 32.2. The fraction of sp³-hybridized carbons (Fsp3) is 0.483. The summed E-state index contributed by atoms with van der Waals surface area (Å²) in [6.07, 6.45) is 8.05. The third-order valence-corrected chi connectivity index (χ3v) is 12.1. The molecule has 0 N–H and O–H groups in total. The van der Waals surface area contributed by atoms with E-state index in [4.69, 9.17) is 9.47 Å². The molecule has 184 valence electrons. The van der Waals surface area contributed by atoms with Crippen molar-refractivity contribution in [2.75, 3.05) is 7.11 Å². The Morgan fingerprint density at radius 3 is 2.54 bits per heavy atom. The van der Waals surface area contributed by atoms with E-state index in [1.807, 2.05) is 18.2 Å². The van der Waals surface area contributed by atoms with Crippen molar-refractivity contribution in [1.29, 1.82) is 0 Å². The van der Waals surface area contributed by atoms with Gasteiger partial charge in [-0.1, -0.05) is 37.3 Å². The zero-order valence-electron chi connectivity index (χ0n) is 20.5. The molecule has 0 radical (unpaired) electrons. The van der Waals surface area contributed by atoms with Crippen molar-refractivity contribution in [3.05, 3.63) is 71.8 Å². The second kappa shape index (κ2) is 7.45. The van der Waals surface area contributed by atoms with Gasteiger partial charge in [-0.15, -0.1) is 0 Å². The minimum atomic E-state index is -3.66. The predicted octanol–water partition coefficient (Wildman–Crippen LogP) is 5.25. The average Bonchev–Trinajstić information content (AvgIpc) is 3.24. The summed E-state index contributed by atoms with van der Waals surface area (Å²) in [6, 6.07) is 15.1. The van der Waals surface area contributed by atoms with Crippen LogP contribution in [0.3, 0.4) is 0 Å². The van der Waals surface area contributed by atoms with E-state index in [-0.39, 0.29) is 17.8 Å². The van der Waals surface area contributed by atoms with Crippen LogP contribution in [-0.4, -0.2) is 32.3 Å². The molecule has 6 atom stereocenters. The lowest BCUT2D eigenvalue weighted by molar-refractivity contribution is -0.168. The van der Waals surface area contributed by atoms with Crippen molar-refractivity contribution in [2.45, 2.75) is 67.6 Å². The molecule has 0 amide bonds. The number of sulfone groups is 1. The Kier molecular flexibility index (Phi) is 4.86. The van der Waals surface area contributed by atoms with Gasteiger partial charge in [-0.3, -0.25) is 4.79 Å².